The van der Waals surface area contributed by atoms with Gasteiger partial charge in [0.05, 0.1) is 11.1 Å². The van der Waals surface area contributed by atoms with Gasteiger partial charge in [0, 0.05) is 20.1 Å². The fraction of sp³-hybridized carbons (Fsp3) is 0.0667. The number of ketones is 2. The van der Waals surface area contributed by atoms with Crippen LogP contribution in [0.3, 0.4) is 0 Å². The topological polar surface area (TPSA) is 86.7 Å². The Morgan fingerprint density at radius 3 is 1.45 bits per heavy atom. The lowest BCUT2D eigenvalue weighted by atomic mass is 10.0. The Morgan fingerprint density at radius 1 is 0.500 bits per heavy atom. The molecule has 4 aromatic carbocycles. The van der Waals surface area contributed by atoms with Crippen LogP contribution in [0.4, 0.5) is 0 Å². The van der Waals surface area contributed by atoms with Crippen molar-refractivity contribution >= 4 is 55.4 Å². The quantitative estimate of drug-likeness (QED) is 0.146. The summed E-state index contributed by atoms with van der Waals surface area (Å²) in [5.41, 5.74) is 2.97. The van der Waals surface area contributed by atoms with Crippen LogP contribution in [0.15, 0.2) is 106 Å². The molecule has 0 fully saturated rings. The van der Waals surface area contributed by atoms with Gasteiger partial charge in [-0.3, -0.25) is 9.59 Å². The van der Waals surface area contributed by atoms with Gasteiger partial charge in [0.2, 0.25) is 0 Å². The van der Waals surface area contributed by atoms with Crippen molar-refractivity contribution < 1.29 is 28.7 Å². The summed E-state index contributed by atoms with van der Waals surface area (Å²) in [5.74, 6) is -1.84. The van der Waals surface area contributed by atoms with E-state index in [9.17, 15) is 19.2 Å². The Kier molecular flexibility index (Phi) is 8.99. The summed E-state index contributed by atoms with van der Waals surface area (Å²) in [6.45, 7) is -0.734. The molecule has 0 heterocycles. The number of hydrogen-bond donors (Lipinski definition) is 0. The highest BCUT2D eigenvalue weighted by molar-refractivity contribution is 9.10. The van der Waals surface area contributed by atoms with Gasteiger partial charge in [0.25, 0.3) is 0 Å². The molecule has 0 N–H and O–H groups in total. The monoisotopic (exact) mass is 634 g/mol. The number of halogens is 2. The Hall–Kier alpha value is -3.88. The van der Waals surface area contributed by atoms with Gasteiger partial charge in [-0.15, -0.1) is 0 Å². The molecule has 0 aromatic heterocycles. The van der Waals surface area contributed by atoms with Gasteiger partial charge < -0.3 is 9.47 Å². The van der Waals surface area contributed by atoms with Gasteiger partial charge in [0.15, 0.2) is 24.8 Å². The summed E-state index contributed by atoms with van der Waals surface area (Å²) < 4.78 is 12.1. The van der Waals surface area contributed by atoms with Crippen molar-refractivity contribution in [2.75, 3.05) is 13.2 Å². The van der Waals surface area contributed by atoms with Crippen LogP contribution in [-0.2, 0) is 9.47 Å². The van der Waals surface area contributed by atoms with Gasteiger partial charge in [0.1, 0.15) is 0 Å². The fourth-order valence-electron chi connectivity index (χ4n) is 3.49. The summed E-state index contributed by atoms with van der Waals surface area (Å²) in [6.07, 6.45) is 0. The number of ether oxygens (including phenoxy) is 2. The molecular formula is C30H20Br2O6. The van der Waals surface area contributed by atoms with Crippen LogP contribution in [0.5, 0.6) is 0 Å². The van der Waals surface area contributed by atoms with Crippen molar-refractivity contribution in [3.63, 3.8) is 0 Å². The van der Waals surface area contributed by atoms with Crippen LogP contribution in [0.25, 0.3) is 11.1 Å². The Labute approximate surface area is 235 Å². The largest absolute Gasteiger partial charge is 0.454 e. The first-order valence-electron chi connectivity index (χ1n) is 11.4. The minimum atomic E-state index is -0.618. The van der Waals surface area contributed by atoms with Gasteiger partial charge in [-0.2, -0.15) is 0 Å². The van der Waals surface area contributed by atoms with Gasteiger partial charge in [-0.05, 0) is 59.7 Å². The zero-order valence-corrected chi connectivity index (χ0v) is 23.0. The van der Waals surface area contributed by atoms with Crippen molar-refractivity contribution in [1.29, 1.82) is 0 Å². The molecule has 8 heteroatoms. The second-order valence-corrected chi connectivity index (χ2v) is 10.0. The first kappa shape index (κ1) is 27.2. The maximum absolute atomic E-state index is 12.5. The average Bonchev–Trinajstić information content (AvgIpc) is 2.95. The summed E-state index contributed by atoms with van der Waals surface area (Å²) in [4.78, 5) is 49.5. The van der Waals surface area contributed by atoms with E-state index in [0.29, 0.717) is 22.3 Å². The van der Waals surface area contributed by atoms with Crippen LogP contribution in [0.2, 0.25) is 0 Å². The van der Waals surface area contributed by atoms with Crippen LogP contribution in [0, 0.1) is 0 Å². The molecule has 0 bridgehead atoms. The zero-order chi connectivity index (χ0) is 27.1. The third kappa shape index (κ3) is 7.12. The minimum absolute atomic E-state index is 0.291. The molecule has 6 nitrogen and oxygen atoms in total. The highest BCUT2D eigenvalue weighted by atomic mass is 79.9. The highest BCUT2D eigenvalue weighted by Gasteiger charge is 2.14. The molecule has 0 radical (unpaired) electrons. The van der Waals surface area contributed by atoms with E-state index < -0.39 is 11.9 Å². The molecule has 0 aliphatic heterocycles. The van der Waals surface area contributed by atoms with Gasteiger partial charge >= 0.3 is 11.9 Å². The minimum Gasteiger partial charge on any atom is -0.454 e. The number of carbonyl (C=O) groups is 4. The molecule has 4 aromatic rings. The lowest BCUT2D eigenvalue weighted by molar-refractivity contribution is 0.0472. The Bertz CT molecular complexity index is 1480. The van der Waals surface area contributed by atoms with Crippen molar-refractivity contribution in [2.24, 2.45) is 0 Å². The van der Waals surface area contributed by atoms with Crippen molar-refractivity contribution in [2.45, 2.75) is 0 Å². The number of Topliss-reactive ketones (excluding diaryl/α,β-unsaturated/α-hetero) is 2. The van der Waals surface area contributed by atoms with E-state index in [1.54, 1.807) is 91.0 Å². The molecule has 0 amide bonds. The van der Waals surface area contributed by atoms with Crippen LogP contribution in [-0.4, -0.2) is 36.7 Å². The van der Waals surface area contributed by atoms with Crippen LogP contribution < -0.4 is 0 Å². The molecule has 4 rings (SSSR count). The lowest BCUT2D eigenvalue weighted by Gasteiger charge is -2.08. The molecule has 190 valence electrons. The van der Waals surface area contributed by atoms with Gasteiger partial charge in [-0.25, -0.2) is 9.59 Å². The third-order valence-corrected chi connectivity index (χ3v) is 6.61. The van der Waals surface area contributed by atoms with E-state index in [1.807, 2.05) is 6.07 Å². The second-order valence-electron chi connectivity index (χ2n) is 8.17. The van der Waals surface area contributed by atoms with E-state index in [4.69, 9.17) is 9.47 Å². The predicted molar refractivity (Wildman–Crippen MR) is 149 cm³/mol. The standard InChI is InChI=1S/C30H20Br2O6/c31-25-12-8-20(9-13-25)27(33)17-37-29(35)22-6-4-19(5-7-22)23-2-1-3-24(16-23)30(36)38-18-28(34)21-10-14-26(32)15-11-21/h1-16H,17-18H2. The lowest BCUT2D eigenvalue weighted by Crippen LogP contribution is -2.14. The van der Waals surface area contributed by atoms with E-state index in [-0.39, 0.29) is 24.8 Å². The molecule has 0 saturated carbocycles. The smallest absolute Gasteiger partial charge is 0.338 e. The molecule has 0 unspecified atom stereocenters. The summed E-state index contributed by atoms with van der Waals surface area (Å²) in [6, 6.07) is 27.0. The first-order chi connectivity index (χ1) is 18.3. The van der Waals surface area contributed by atoms with Crippen molar-refractivity contribution in [3.05, 3.63) is 128 Å². The number of benzene rings is 4. The van der Waals surface area contributed by atoms with E-state index in [0.717, 1.165) is 20.1 Å². The zero-order valence-electron chi connectivity index (χ0n) is 19.9. The van der Waals surface area contributed by atoms with Crippen LogP contribution in [0.1, 0.15) is 41.4 Å². The van der Waals surface area contributed by atoms with Crippen molar-refractivity contribution in [3.8, 4) is 11.1 Å². The van der Waals surface area contributed by atoms with E-state index in [1.165, 1.54) is 0 Å². The van der Waals surface area contributed by atoms with Crippen LogP contribution >= 0.6 is 31.9 Å². The Morgan fingerprint density at radius 2 is 0.947 bits per heavy atom. The average molecular weight is 636 g/mol. The number of esters is 2. The fourth-order valence-corrected chi connectivity index (χ4v) is 4.02. The second kappa shape index (κ2) is 12.6. The normalized spacial score (nSPS) is 10.5. The molecule has 38 heavy (non-hydrogen) atoms. The summed E-state index contributed by atoms with van der Waals surface area (Å²) in [7, 11) is 0. The molecule has 0 spiro atoms. The molecular weight excluding hydrogens is 616 g/mol. The molecule has 0 aliphatic carbocycles. The van der Waals surface area contributed by atoms with Gasteiger partial charge in [-0.1, -0.05) is 80.4 Å². The Balaban J connectivity index is 1.34. The predicted octanol–water partition coefficient (Wildman–Crippen LogP) is 6.96. The van der Waals surface area contributed by atoms with Crippen molar-refractivity contribution in [1.82, 2.24) is 0 Å². The third-order valence-electron chi connectivity index (χ3n) is 5.55. The number of rotatable bonds is 9. The SMILES string of the molecule is O=C(COC(=O)c1ccc(-c2cccc(C(=O)OCC(=O)c3ccc(Br)cc3)c2)cc1)c1ccc(Br)cc1. The number of hydrogen-bond acceptors (Lipinski definition) is 6. The summed E-state index contributed by atoms with van der Waals surface area (Å²) in [5, 5.41) is 0. The maximum Gasteiger partial charge on any atom is 0.338 e. The van der Waals surface area contributed by atoms with E-state index >= 15 is 0 Å². The van der Waals surface area contributed by atoms with E-state index in [2.05, 4.69) is 31.9 Å². The highest BCUT2D eigenvalue weighted by Crippen LogP contribution is 2.22. The maximum atomic E-state index is 12.5. The number of carbonyl (C=O) groups excluding carboxylic acids is 4. The molecule has 0 saturated heterocycles. The first-order valence-corrected chi connectivity index (χ1v) is 13.0. The summed E-state index contributed by atoms with van der Waals surface area (Å²) >= 11 is 6.62. The molecule has 0 atom stereocenters. The molecule has 0 aliphatic rings.